The van der Waals surface area contributed by atoms with E-state index in [1.54, 1.807) is 0 Å². The fourth-order valence-electron chi connectivity index (χ4n) is 1.59. The van der Waals surface area contributed by atoms with Crippen LogP contribution in [-0.2, 0) is 0 Å². The minimum Gasteiger partial charge on any atom is -0.316 e. The highest BCUT2D eigenvalue weighted by Gasteiger charge is 2.17. The molecule has 0 heterocycles. The molecule has 1 N–H and O–H groups in total. The van der Waals surface area contributed by atoms with Crippen LogP contribution < -0.4 is 5.32 Å². The SMILES string of the molecule is O=C(Nc1ccc(F)cc1[N+](=O)[O-])c1cccc(F)c1. The molecule has 0 aromatic heterocycles. The van der Waals surface area contributed by atoms with Gasteiger partial charge in [0, 0.05) is 5.56 Å². The maximum absolute atomic E-state index is 13.0. The predicted molar refractivity (Wildman–Crippen MR) is 67.4 cm³/mol. The van der Waals surface area contributed by atoms with Crippen LogP contribution in [0.25, 0.3) is 0 Å². The molecule has 0 saturated heterocycles. The summed E-state index contributed by atoms with van der Waals surface area (Å²) < 4.78 is 25.9. The van der Waals surface area contributed by atoms with Gasteiger partial charge in [0.1, 0.15) is 17.3 Å². The lowest BCUT2D eigenvalue weighted by Crippen LogP contribution is -2.13. The first-order valence-corrected chi connectivity index (χ1v) is 5.48. The van der Waals surface area contributed by atoms with Crippen molar-refractivity contribution in [1.82, 2.24) is 0 Å². The molecule has 2 aromatic rings. The molecule has 0 aliphatic rings. The van der Waals surface area contributed by atoms with E-state index in [-0.39, 0.29) is 11.3 Å². The molecule has 5 nitrogen and oxygen atoms in total. The van der Waals surface area contributed by atoms with Gasteiger partial charge in [-0.25, -0.2) is 8.78 Å². The average Bonchev–Trinajstić information content (AvgIpc) is 2.40. The van der Waals surface area contributed by atoms with Crippen LogP contribution in [0.5, 0.6) is 0 Å². The summed E-state index contributed by atoms with van der Waals surface area (Å²) in [4.78, 5) is 21.8. The average molecular weight is 278 g/mol. The van der Waals surface area contributed by atoms with Crippen LogP contribution in [0.3, 0.4) is 0 Å². The quantitative estimate of drug-likeness (QED) is 0.692. The van der Waals surface area contributed by atoms with Gasteiger partial charge in [0.25, 0.3) is 11.6 Å². The normalized spacial score (nSPS) is 10.1. The first-order valence-electron chi connectivity index (χ1n) is 5.48. The van der Waals surface area contributed by atoms with Crippen LogP contribution in [0.15, 0.2) is 42.5 Å². The number of amides is 1. The van der Waals surface area contributed by atoms with Crippen molar-refractivity contribution in [3.8, 4) is 0 Å². The molecular weight excluding hydrogens is 270 g/mol. The van der Waals surface area contributed by atoms with E-state index in [1.807, 2.05) is 0 Å². The number of nitro groups is 1. The molecule has 0 unspecified atom stereocenters. The van der Waals surface area contributed by atoms with E-state index < -0.39 is 28.2 Å². The van der Waals surface area contributed by atoms with Crippen LogP contribution in [0.2, 0.25) is 0 Å². The Morgan fingerprint density at radius 3 is 2.45 bits per heavy atom. The highest BCUT2D eigenvalue weighted by atomic mass is 19.1. The third-order valence-corrected chi connectivity index (χ3v) is 2.49. The van der Waals surface area contributed by atoms with Crippen molar-refractivity contribution < 1.29 is 18.5 Å². The fourth-order valence-corrected chi connectivity index (χ4v) is 1.59. The number of carbonyl (C=O) groups is 1. The van der Waals surface area contributed by atoms with Gasteiger partial charge in [-0.1, -0.05) is 6.07 Å². The van der Waals surface area contributed by atoms with E-state index >= 15 is 0 Å². The predicted octanol–water partition coefficient (Wildman–Crippen LogP) is 3.13. The molecule has 0 aliphatic carbocycles. The molecule has 7 heteroatoms. The Labute approximate surface area is 112 Å². The van der Waals surface area contributed by atoms with Crippen LogP contribution in [-0.4, -0.2) is 10.8 Å². The second-order valence-electron chi connectivity index (χ2n) is 3.88. The Hall–Kier alpha value is -2.83. The van der Waals surface area contributed by atoms with Gasteiger partial charge in [-0.3, -0.25) is 14.9 Å². The number of halogens is 2. The van der Waals surface area contributed by atoms with Gasteiger partial charge in [0.2, 0.25) is 0 Å². The maximum atomic E-state index is 13.0. The Morgan fingerprint density at radius 2 is 1.80 bits per heavy atom. The highest BCUT2D eigenvalue weighted by molar-refractivity contribution is 6.05. The Balaban J connectivity index is 2.30. The molecule has 20 heavy (non-hydrogen) atoms. The molecule has 2 rings (SSSR count). The largest absolute Gasteiger partial charge is 0.316 e. The molecule has 0 radical (unpaired) electrons. The number of carbonyl (C=O) groups excluding carboxylic acids is 1. The van der Waals surface area contributed by atoms with E-state index in [9.17, 15) is 23.7 Å². The number of hydrogen-bond acceptors (Lipinski definition) is 3. The number of hydrogen-bond donors (Lipinski definition) is 1. The monoisotopic (exact) mass is 278 g/mol. The molecule has 102 valence electrons. The first-order chi connectivity index (χ1) is 9.47. The molecule has 0 spiro atoms. The molecule has 1 amide bonds. The van der Waals surface area contributed by atoms with Gasteiger partial charge in [-0.05, 0) is 30.3 Å². The van der Waals surface area contributed by atoms with Gasteiger partial charge in [-0.15, -0.1) is 0 Å². The van der Waals surface area contributed by atoms with E-state index in [1.165, 1.54) is 12.1 Å². The van der Waals surface area contributed by atoms with E-state index in [2.05, 4.69) is 5.32 Å². The zero-order valence-electron chi connectivity index (χ0n) is 9.97. The molecule has 0 atom stereocenters. The number of nitrogens with zero attached hydrogens (tertiary/aromatic N) is 1. The summed E-state index contributed by atoms with van der Waals surface area (Å²) in [5.41, 5.74) is -0.732. The van der Waals surface area contributed by atoms with Crippen molar-refractivity contribution in [2.24, 2.45) is 0 Å². The van der Waals surface area contributed by atoms with Crippen molar-refractivity contribution in [2.75, 3.05) is 5.32 Å². The Bertz CT molecular complexity index is 689. The third-order valence-electron chi connectivity index (χ3n) is 2.49. The topological polar surface area (TPSA) is 72.2 Å². The summed E-state index contributed by atoms with van der Waals surface area (Å²) in [5.74, 6) is -2.12. The molecule has 0 aliphatic heterocycles. The number of rotatable bonds is 3. The summed E-state index contributed by atoms with van der Waals surface area (Å²) >= 11 is 0. The summed E-state index contributed by atoms with van der Waals surface area (Å²) in [7, 11) is 0. The lowest BCUT2D eigenvalue weighted by Gasteiger charge is -2.06. The van der Waals surface area contributed by atoms with Crippen LogP contribution >= 0.6 is 0 Å². The molecule has 2 aromatic carbocycles. The van der Waals surface area contributed by atoms with Gasteiger partial charge in [-0.2, -0.15) is 0 Å². The van der Waals surface area contributed by atoms with Crippen molar-refractivity contribution in [2.45, 2.75) is 0 Å². The zero-order valence-corrected chi connectivity index (χ0v) is 9.97. The van der Waals surface area contributed by atoms with E-state index in [4.69, 9.17) is 0 Å². The maximum Gasteiger partial charge on any atom is 0.295 e. The van der Waals surface area contributed by atoms with Crippen molar-refractivity contribution in [1.29, 1.82) is 0 Å². The van der Waals surface area contributed by atoms with E-state index in [0.717, 1.165) is 24.3 Å². The summed E-state index contributed by atoms with van der Waals surface area (Å²) in [6, 6.07) is 7.60. The van der Waals surface area contributed by atoms with Crippen LogP contribution in [0, 0.1) is 21.7 Å². The Kier molecular flexibility index (Phi) is 3.69. The van der Waals surface area contributed by atoms with Gasteiger partial charge in [0.15, 0.2) is 0 Å². The number of nitrogens with one attached hydrogen (secondary N) is 1. The molecule has 0 saturated carbocycles. The zero-order chi connectivity index (χ0) is 14.7. The van der Waals surface area contributed by atoms with Crippen LogP contribution in [0.1, 0.15) is 10.4 Å². The molecule has 0 bridgehead atoms. The summed E-state index contributed by atoms with van der Waals surface area (Å²) in [5, 5.41) is 13.0. The van der Waals surface area contributed by atoms with Crippen molar-refractivity contribution >= 4 is 17.3 Å². The molecular formula is C13H8F2N2O3. The van der Waals surface area contributed by atoms with Gasteiger partial charge < -0.3 is 5.32 Å². The number of benzene rings is 2. The first kappa shape index (κ1) is 13.6. The minimum atomic E-state index is -0.815. The second kappa shape index (κ2) is 5.43. The van der Waals surface area contributed by atoms with Crippen LogP contribution in [0.4, 0.5) is 20.2 Å². The van der Waals surface area contributed by atoms with Gasteiger partial charge in [0.05, 0.1) is 11.0 Å². The van der Waals surface area contributed by atoms with Crippen molar-refractivity contribution in [3.05, 3.63) is 69.8 Å². The second-order valence-corrected chi connectivity index (χ2v) is 3.88. The molecule has 0 fully saturated rings. The van der Waals surface area contributed by atoms with Gasteiger partial charge >= 0.3 is 0 Å². The fraction of sp³-hybridized carbons (Fsp3) is 0. The summed E-state index contributed by atoms with van der Waals surface area (Å²) in [6.07, 6.45) is 0. The standard InChI is InChI=1S/C13H8F2N2O3/c14-9-3-1-2-8(6-9)13(18)16-11-5-4-10(15)7-12(11)17(19)20/h1-7H,(H,16,18). The highest BCUT2D eigenvalue weighted by Crippen LogP contribution is 2.25. The van der Waals surface area contributed by atoms with Crippen molar-refractivity contribution in [3.63, 3.8) is 0 Å². The summed E-state index contributed by atoms with van der Waals surface area (Å²) in [6.45, 7) is 0. The number of nitro benzene ring substituents is 1. The smallest absolute Gasteiger partial charge is 0.295 e. The van der Waals surface area contributed by atoms with E-state index in [0.29, 0.717) is 6.07 Å². The minimum absolute atomic E-state index is 0.00335. The lowest BCUT2D eigenvalue weighted by atomic mass is 10.2. The third kappa shape index (κ3) is 2.94. The Morgan fingerprint density at radius 1 is 1.10 bits per heavy atom. The number of anilines is 1. The lowest BCUT2D eigenvalue weighted by molar-refractivity contribution is -0.384.